The van der Waals surface area contributed by atoms with Crippen LogP contribution in [0.3, 0.4) is 0 Å². The van der Waals surface area contributed by atoms with Gasteiger partial charge in [0.25, 0.3) is 0 Å². The maximum atomic E-state index is 11.0. The zero-order valence-corrected chi connectivity index (χ0v) is 12.9. The van der Waals surface area contributed by atoms with E-state index < -0.39 is 10.4 Å². The first-order chi connectivity index (χ1) is 8.56. The standard InChI is InChI=1S/C10H20NO2.CH4O4S/c1-6-10(12)13-9(4)11(5,7-2)8-3;1-5-6(2,3)4/h6,9H,1,7-8H2,2-5H3;1H3,(H,2,3,4)/q+1;/p-1. The predicted octanol–water partition coefficient (Wildman–Crippen LogP) is 0.641. The summed E-state index contributed by atoms with van der Waals surface area (Å²) >= 11 is 0. The molecule has 0 aromatic rings. The lowest BCUT2D eigenvalue weighted by Gasteiger charge is -2.36. The molecular weight excluding hydrogens is 274 g/mol. The summed E-state index contributed by atoms with van der Waals surface area (Å²) in [5.41, 5.74) is 0. The lowest BCUT2D eigenvalue weighted by molar-refractivity contribution is -0.947. The van der Waals surface area contributed by atoms with Gasteiger partial charge < -0.3 is 9.29 Å². The Bertz CT molecular complexity index is 375. The van der Waals surface area contributed by atoms with Crippen molar-refractivity contribution in [3.05, 3.63) is 12.7 Å². The van der Waals surface area contributed by atoms with Crippen molar-refractivity contribution in [2.75, 3.05) is 27.2 Å². The molecule has 0 amide bonds. The smallest absolute Gasteiger partial charge is 0.334 e. The van der Waals surface area contributed by atoms with Crippen LogP contribution in [0.5, 0.6) is 0 Å². The number of carbonyl (C=O) groups is 1. The van der Waals surface area contributed by atoms with Gasteiger partial charge in [-0.25, -0.2) is 13.2 Å². The Morgan fingerprint density at radius 2 is 1.79 bits per heavy atom. The Hall–Kier alpha value is -0.960. The third-order valence-corrected chi connectivity index (χ3v) is 3.39. The molecule has 0 saturated carbocycles. The Morgan fingerprint density at radius 3 is 2.00 bits per heavy atom. The number of rotatable bonds is 6. The van der Waals surface area contributed by atoms with Gasteiger partial charge in [-0.05, 0) is 13.8 Å². The summed E-state index contributed by atoms with van der Waals surface area (Å²) in [5, 5.41) is 0. The van der Waals surface area contributed by atoms with Crippen LogP contribution >= 0.6 is 0 Å². The van der Waals surface area contributed by atoms with E-state index >= 15 is 0 Å². The number of hydrogen-bond acceptors (Lipinski definition) is 6. The van der Waals surface area contributed by atoms with Gasteiger partial charge in [0.15, 0.2) is 0 Å². The molecule has 114 valence electrons. The molecule has 0 aromatic heterocycles. The Morgan fingerprint density at radius 1 is 1.42 bits per heavy atom. The highest BCUT2D eigenvalue weighted by molar-refractivity contribution is 7.80. The van der Waals surface area contributed by atoms with Crippen LogP contribution in [0.2, 0.25) is 0 Å². The van der Waals surface area contributed by atoms with Crippen molar-refractivity contribution in [2.45, 2.75) is 27.0 Å². The van der Waals surface area contributed by atoms with Gasteiger partial charge in [-0.2, -0.15) is 0 Å². The number of quaternary nitrogens is 1. The van der Waals surface area contributed by atoms with Crippen LogP contribution < -0.4 is 0 Å². The molecule has 1 unspecified atom stereocenters. The number of hydrogen-bond donors (Lipinski definition) is 0. The monoisotopic (exact) mass is 297 g/mol. The van der Waals surface area contributed by atoms with Crippen LogP contribution in [-0.4, -0.2) is 56.9 Å². The average Bonchev–Trinajstić information content (AvgIpc) is 2.37. The van der Waals surface area contributed by atoms with Crippen molar-refractivity contribution in [3.8, 4) is 0 Å². The Balaban J connectivity index is 0. The van der Waals surface area contributed by atoms with Crippen molar-refractivity contribution in [1.82, 2.24) is 0 Å². The van der Waals surface area contributed by atoms with Crippen molar-refractivity contribution in [1.29, 1.82) is 0 Å². The molecule has 0 fully saturated rings. The van der Waals surface area contributed by atoms with E-state index in [2.05, 4.69) is 31.7 Å². The molecule has 0 radical (unpaired) electrons. The van der Waals surface area contributed by atoms with E-state index in [0.29, 0.717) is 0 Å². The normalized spacial score (nSPS) is 12.9. The number of carbonyl (C=O) groups excluding carboxylic acids is 1. The quantitative estimate of drug-likeness (QED) is 0.178. The van der Waals surface area contributed by atoms with Crippen LogP contribution in [0, 0.1) is 0 Å². The van der Waals surface area contributed by atoms with Crippen LogP contribution in [0.15, 0.2) is 12.7 Å². The molecule has 0 aliphatic heterocycles. The molecular formula is C11H23NO6S. The van der Waals surface area contributed by atoms with E-state index in [-0.39, 0.29) is 12.2 Å². The van der Waals surface area contributed by atoms with Gasteiger partial charge in [0, 0.05) is 13.0 Å². The Kier molecular flexibility index (Phi) is 9.67. The lowest BCUT2D eigenvalue weighted by atomic mass is 10.3. The summed E-state index contributed by atoms with van der Waals surface area (Å²) in [7, 11) is -1.53. The van der Waals surface area contributed by atoms with Gasteiger partial charge in [-0.3, -0.25) is 8.67 Å². The molecule has 19 heavy (non-hydrogen) atoms. The SMILES string of the molecule is C=CC(=O)OC(C)[N+](C)(CC)CC.COS(=O)(=O)[O-]. The van der Waals surface area contributed by atoms with Gasteiger partial charge in [-0.1, -0.05) is 6.58 Å². The number of ether oxygens (including phenoxy) is 1. The van der Waals surface area contributed by atoms with E-state index in [1.54, 1.807) is 0 Å². The van der Waals surface area contributed by atoms with Crippen molar-refractivity contribution < 1.29 is 31.2 Å². The fraction of sp³-hybridized carbons (Fsp3) is 0.727. The summed E-state index contributed by atoms with van der Waals surface area (Å²) < 4.78 is 36.9. The van der Waals surface area contributed by atoms with Crippen molar-refractivity contribution in [2.24, 2.45) is 0 Å². The highest BCUT2D eigenvalue weighted by Gasteiger charge is 2.27. The summed E-state index contributed by atoms with van der Waals surface area (Å²) in [5.74, 6) is -0.348. The van der Waals surface area contributed by atoms with E-state index in [0.717, 1.165) is 24.7 Å². The number of nitrogens with zero attached hydrogens (tertiary/aromatic N) is 1. The van der Waals surface area contributed by atoms with E-state index in [4.69, 9.17) is 4.74 Å². The molecule has 0 spiro atoms. The fourth-order valence-corrected chi connectivity index (χ4v) is 1.08. The Labute approximate surface area is 115 Å². The second-order valence-electron chi connectivity index (χ2n) is 3.93. The zero-order chi connectivity index (χ0) is 15.7. The van der Waals surface area contributed by atoms with Gasteiger partial charge in [0.2, 0.25) is 16.6 Å². The molecule has 0 saturated heterocycles. The maximum Gasteiger partial charge on any atom is 0.334 e. The molecule has 0 aliphatic rings. The second-order valence-corrected chi connectivity index (χ2v) is 5.08. The van der Waals surface area contributed by atoms with E-state index in [1.807, 2.05) is 6.92 Å². The van der Waals surface area contributed by atoms with Gasteiger partial charge in [-0.15, -0.1) is 0 Å². The molecule has 0 heterocycles. The molecule has 0 aromatic carbocycles. The second kappa shape index (κ2) is 9.03. The zero-order valence-electron chi connectivity index (χ0n) is 12.1. The van der Waals surface area contributed by atoms with Crippen molar-refractivity contribution in [3.63, 3.8) is 0 Å². The molecule has 8 heteroatoms. The summed E-state index contributed by atoms with van der Waals surface area (Å²) in [6.45, 7) is 11.3. The minimum Gasteiger partial charge on any atom is -0.726 e. The van der Waals surface area contributed by atoms with E-state index in [1.165, 1.54) is 6.08 Å². The summed E-state index contributed by atoms with van der Waals surface area (Å²) in [4.78, 5) is 11.0. The molecule has 0 N–H and O–H groups in total. The summed E-state index contributed by atoms with van der Waals surface area (Å²) in [6.07, 6.45) is 1.09. The minimum atomic E-state index is -4.41. The number of esters is 1. The van der Waals surface area contributed by atoms with Gasteiger partial charge in [0.1, 0.15) is 0 Å². The first kappa shape index (κ1) is 20.4. The largest absolute Gasteiger partial charge is 0.726 e. The third kappa shape index (κ3) is 9.60. The van der Waals surface area contributed by atoms with Gasteiger partial charge in [0.05, 0.1) is 27.2 Å². The molecule has 0 rings (SSSR count). The van der Waals surface area contributed by atoms with Gasteiger partial charge >= 0.3 is 5.97 Å². The first-order valence-corrected chi connectivity index (χ1v) is 7.08. The highest BCUT2D eigenvalue weighted by atomic mass is 32.3. The van der Waals surface area contributed by atoms with E-state index in [9.17, 15) is 17.8 Å². The molecule has 1 atom stereocenters. The minimum absolute atomic E-state index is 0.111. The van der Waals surface area contributed by atoms with Crippen LogP contribution in [0.25, 0.3) is 0 Å². The van der Waals surface area contributed by atoms with Crippen LogP contribution in [0.1, 0.15) is 20.8 Å². The molecule has 0 bridgehead atoms. The van der Waals surface area contributed by atoms with Crippen LogP contribution in [0.4, 0.5) is 0 Å². The maximum absolute atomic E-state index is 11.0. The first-order valence-electron chi connectivity index (χ1n) is 5.75. The predicted molar refractivity (Wildman–Crippen MR) is 69.7 cm³/mol. The van der Waals surface area contributed by atoms with Crippen LogP contribution in [-0.2, 0) is 24.1 Å². The fourth-order valence-electron chi connectivity index (χ4n) is 1.08. The summed E-state index contributed by atoms with van der Waals surface area (Å²) in [6, 6.07) is 0. The average molecular weight is 297 g/mol. The third-order valence-electron chi connectivity index (χ3n) is 2.98. The topological polar surface area (TPSA) is 92.7 Å². The lowest BCUT2D eigenvalue weighted by Crippen LogP contribution is -2.52. The highest BCUT2D eigenvalue weighted by Crippen LogP contribution is 2.10. The van der Waals surface area contributed by atoms with Crippen molar-refractivity contribution >= 4 is 16.4 Å². The molecule has 7 nitrogen and oxygen atoms in total. The molecule has 0 aliphatic carbocycles.